The Morgan fingerprint density at radius 3 is 2.59 bits per heavy atom. The number of nitro benzene ring substituents is 1. The largest absolute Gasteiger partial charge is 0.460 e. The van der Waals surface area contributed by atoms with Crippen LogP contribution in [0.5, 0.6) is 0 Å². The number of aryl methyl sites for hydroxylation is 1. The van der Waals surface area contributed by atoms with E-state index in [2.05, 4.69) is 4.98 Å². The summed E-state index contributed by atoms with van der Waals surface area (Å²) in [5.74, 6) is -0.321. The van der Waals surface area contributed by atoms with Crippen LogP contribution >= 0.6 is 0 Å². The highest BCUT2D eigenvalue weighted by atomic mass is 16.6. The average molecular weight is 302 g/mol. The summed E-state index contributed by atoms with van der Waals surface area (Å²) in [5, 5.41) is 11.6. The molecule has 0 spiro atoms. The minimum Gasteiger partial charge on any atom is -0.460 e. The number of non-ortho nitro benzene ring substituents is 1. The van der Waals surface area contributed by atoms with Crippen LogP contribution in [0.2, 0.25) is 0 Å². The lowest BCUT2D eigenvalue weighted by Gasteiger charge is -2.19. The highest BCUT2D eigenvalue weighted by Gasteiger charge is 2.18. The molecule has 0 unspecified atom stereocenters. The molecule has 1 heterocycles. The fourth-order valence-corrected chi connectivity index (χ4v) is 2.12. The molecule has 1 aromatic heterocycles. The van der Waals surface area contributed by atoms with Gasteiger partial charge in [0, 0.05) is 23.2 Å². The minimum atomic E-state index is -0.532. The molecule has 0 atom stereocenters. The SMILES string of the molecule is Cc1nc2cc([N+](=O)[O-])ccc2cc1CC(=O)OC(C)(C)C. The summed E-state index contributed by atoms with van der Waals surface area (Å²) in [6.07, 6.45) is 0.128. The van der Waals surface area contributed by atoms with Crippen LogP contribution in [0.1, 0.15) is 32.0 Å². The molecule has 2 rings (SSSR count). The molecule has 0 amide bonds. The van der Waals surface area contributed by atoms with E-state index in [-0.39, 0.29) is 18.1 Å². The van der Waals surface area contributed by atoms with Crippen LogP contribution in [0.3, 0.4) is 0 Å². The summed E-state index contributed by atoms with van der Waals surface area (Å²) in [5.41, 5.74) is 1.43. The topological polar surface area (TPSA) is 82.3 Å². The molecule has 0 radical (unpaired) electrons. The molecule has 0 saturated heterocycles. The van der Waals surface area contributed by atoms with E-state index in [1.165, 1.54) is 12.1 Å². The highest BCUT2D eigenvalue weighted by Crippen LogP contribution is 2.22. The number of fused-ring (bicyclic) bond motifs is 1. The van der Waals surface area contributed by atoms with Crippen LogP contribution in [-0.4, -0.2) is 21.5 Å². The molecule has 1 aromatic carbocycles. The molecule has 0 N–H and O–H groups in total. The molecular weight excluding hydrogens is 284 g/mol. The standard InChI is InChI=1S/C16H18N2O4/c1-10-12(8-15(19)22-16(2,3)4)7-11-5-6-13(18(20)21)9-14(11)17-10/h5-7,9H,8H2,1-4H3. The van der Waals surface area contributed by atoms with E-state index in [1.54, 1.807) is 13.0 Å². The quantitative estimate of drug-likeness (QED) is 0.493. The predicted octanol–water partition coefficient (Wildman–Crippen LogP) is 3.34. The van der Waals surface area contributed by atoms with Crippen LogP contribution in [-0.2, 0) is 16.0 Å². The third kappa shape index (κ3) is 3.78. The maximum atomic E-state index is 11.9. The number of hydrogen-bond donors (Lipinski definition) is 0. The summed E-state index contributed by atoms with van der Waals surface area (Å²) >= 11 is 0. The normalized spacial score (nSPS) is 11.5. The smallest absolute Gasteiger partial charge is 0.310 e. The second-order valence-electron chi connectivity index (χ2n) is 6.13. The average Bonchev–Trinajstić information content (AvgIpc) is 2.36. The number of pyridine rings is 1. The van der Waals surface area contributed by atoms with Crippen LogP contribution in [0.25, 0.3) is 10.9 Å². The molecule has 0 saturated carbocycles. The summed E-state index contributed by atoms with van der Waals surface area (Å²) in [4.78, 5) is 26.6. The fourth-order valence-electron chi connectivity index (χ4n) is 2.12. The van der Waals surface area contributed by atoms with Crippen molar-refractivity contribution < 1.29 is 14.5 Å². The highest BCUT2D eigenvalue weighted by molar-refractivity contribution is 5.83. The van der Waals surface area contributed by atoms with Gasteiger partial charge in [0.1, 0.15) is 5.60 Å². The lowest BCUT2D eigenvalue weighted by molar-refractivity contribution is -0.384. The summed E-state index contributed by atoms with van der Waals surface area (Å²) in [7, 11) is 0. The van der Waals surface area contributed by atoms with Crippen molar-refractivity contribution >= 4 is 22.6 Å². The maximum Gasteiger partial charge on any atom is 0.310 e. The van der Waals surface area contributed by atoms with Gasteiger partial charge in [0.05, 0.1) is 16.9 Å². The predicted molar refractivity (Wildman–Crippen MR) is 82.7 cm³/mol. The number of carbonyl (C=O) groups is 1. The zero-order valence-electron chi connectivity index (χ0n) is 13.0. The van der Waals surface area contributed by atoms with E-state index in [1.807, 2.05) is 26.8 Å². The lowest BCUT2D eigenvalue weighted by Crippen LogP contribution is -2.25. The Balaban J connectivity index is 2.32. The van der Waals surface area contributed by atoms with Crippen molar-refractivity contribution in [1.29, 1.82) is 0 Å². The molecule has 0 fully saturated rings. The number of nitro groups is 1. The first-order chi connectivity index (χ1) is 10.2. The number of ether oxygens (including phenoxy) is 1. The molecule has 6 nitrogen and oxygen atoms in total. The van der Waals surface area contributed by atoms with Gasteiger partial charge in [0.2, 0.25) is 0 Å². The van der Waals surface area contributed by atoms with Crippen molar-refractivity contribution in [3.63, 3.8) is 0 Å². The molecule has 0 aliphatic heterocycles. The number of rotatable bonds is 3. The number of carbonyl (C=O) groups excluding carboxylic acids is 1. The molecule has 0 bridgehead atoms. The lowest BCUT2D eigenvalue weighted by atomic mass is 10.1. The van der Waals surface area contributed by atoms with Crippen LogP contribution in [0.15, 0.2) is 24.3 Å². The Morgan fingerprint density at radius 1 is 1.32 bits per heavy atom. The Morgan fingerprint density at radius 2 is 2.00 bits per heavy atom. The van der Waals surface area contributed by atoms with E-state index >= 15 is 0 Å². The van der Waals surface area contributed by atoms with Gasteiger partial charge in [-0.3, -0.25) is 19.9 Å². The molecular formula is C16H18N2O4. The van der Waals surface area contributed by atoms with E-state index < -0.39 is 10.5 Å². The van der Waals surface area contributed by atoms with E-state index in [0.29, 0.717) is 11.2 Å². The minimum absolute atomic E-state index is 0.000655. The van der Waals surface area contributed by atoms with Gasteiger partial charge in [-0.05, 0) is 45.4 Å². The van der Waals surface area contributed by atoms with Crippen molar-refractivity contribution in [2.24, 2.45) is 0 Å². The number of nitrogens with zero attached hydrogens (tertiary/aromatic N) is 2. The van der Waals surface area contributed by atoms with Crippen molar-refractivity contribution in [1.82, 2.24) is 4.98 Å². The van der Waals surface area contributed by atoms with Crippen molar-refractivity contribution in [2.75, 3.05) is 0 Å². The van der Waals surface area contributed by atoms with Crippen LogP contribution in [0, 0.1) is 17.0 Å². The van der Waals surface area contributed by atoms with Gasteiger partial charge in [0.15, 0.2) is 0 Å². The maximum absolute atomic E-state index is 11.9. The Labute approximate surface area is 128 Å². The first-order valence-corrected chi connectivity index (χ1v) is 6.92. The number of aromatic nitrogens is 1. The molecule has 116 valence electrons. The van der Waals surface area contributed by atoms with Gasteiger partial charge in [-0.2, -0.15) is 0 Å². The number of hydrogen-bond acceptors (Lipinski definition) is 5. The van der Waals surface area contributed by atoms with Gasteiger partial charge in [-0.25, -0.2) is 0 Å². The van der Waals surface area contributed by atoms with E-state index in [9.17, 15) is 14.9 Å². The second-order valence-corrected chi connectivity index (χ2v) is 6.13. The summed E-state index contributed by atoms with van der Waals surface area (Å²) < 4.78 is 5.30. The molecule has 6 heteroatoms. The van der Waals surface area contributed by atoms with E-state index in [0.717, 1.165) is 10.9 Å². The molecule has 2 aromatic rings. The van der Waals surface area contributed by atoms with Gasteiger partial charge in [-0.1, -0.05) is 0 Å². The van der Waals surface area contributed by atoms with E-state index in [4.69, 9.17) is 4.74 Å². The second kappa shape index (κ2) is 5.71. The fraction of sp³-hybridized carbons (Fsp3) is 0.375. The zero-order valence-corrected chi connectivity index (χ0v) is 13.0. The first kappa shape index (κ1) is 15.9. The third-order valence-electron chi connectivity index (χ3n) is 3.06. The molecule has 0 aliphatic rings. The van der Waals surface area contributed by atoms with Crippen molar-refractivity contribution in [2.45, 2.75) is 39.7 Å². The van der Waals surface area contributed by atoms with Gasteiger partial charge in [0.25, 0.3) is 5.69 Å². The Kier molecular flexibility index (Phi) is 4.12. The third-order valence-corrected chi connectivity index (χ3v) is 3.06. The Hall–Kier alpha value is -2.50. The number of esters is 1. The molecule has 22 heavy (non-hydrogen) atoms. The monoisotopic (exact) mass is 302 g/mol. The summed E-state index contributed by atoms with van der Waals surface area (Å²) in [6, 6.07) is 6.32. The molecule has 0 aliphatic carbocycles. The van der Waals surface area contributed by atoms with Gasteiger partial charge < -0.3 is 4.74 Å². The van der Waals surface area contributed by atoms with Crippen molar-refractivity contribution in [3.05, 3.63) is 45.6 Å². The number of benzene rings is 1. The zero-order chi connectivity index (χ0) is 16.5. The Bertz CT molecular complexity index is 748. The van der Waals surface area contributed by atoms with Crippen LogP contribution < -0.4 is 0 Å². The van der Waals surface area contributed by atoms with Gasteiger partial charge in [-0.15, -0.1) is 0 Å². The van der Waals surface area contributed by atoms with Crippen molar-refractivity contribution in [3.8, 4) is 0 Å². The first-order valence-electron chi connectivity index (χ1n) is 6.92. The van der Waals surface area contributed by atoms with Crippen LogP contribution in [0.4, 0.5) is 5.69 Å². The summed E-state index contributed by atoms with van der Waals surface area (Å²) in [6.45, 7) is 7.22. The van der Waals surface area contributed by atoms with Gasteiger partial charge >= 0.3 is 5.97 Å².